The van der Waals surface area contributed by atoms with E-state index in [-0.39, 0.29) is 24.0 Å². The standard InChI is InChI=1S/C23H24N2O4/c1-3-20-23(28)25(19-6-4-5-7-21(19)29-20)13-11-22(27)24-12-10-17-14-16(15(2)26)8-9-18(17)24/h4-9,14,20H,3,10-13H2,1-2H3. The lowest BCUT2D eigenvalue weighted by Gasteiger charge is -2.34. The summed E-state index contributed by atoms with van der Waals surface area (Å²) in [5.41, 5.74) is 3.26. The molecule has 0 bridgehead atoms. The third-order valence-electron chi connectivity index (χ3n) is 5.57. The molecule has 150 valence electrons. The molecule has 0 aliphatic carbocycles. The maximum Gasteiger partial charge on any atom is 0.268 e. The minimum Gasteiger partial charge on any atom is -0.478 e. The first-order valence-electron chi connectivity index (χ1n) is 10.0. The van der Waals surface area contributed by atoms with Crippen LogP contribution in [0.25, 0.3) is 0 Å². The zero-order valence-electron chi connectivity index (χ0n) is 16.7. The van der Waals surface area contributed by atoms with Crippen molar-refractivity contribution in [3.8, 4) is 5.75 Å². The van der Waals surface area contributed by atoms with Gasteiger partial charge in [0, 0.05) is 30.8 Å². The maximum absolute atomic E-state index is 12.9. The second-order valence-corrected chi connectivity index (χ2v) is 7.42. The summed E-state index contributed by atoms with van der Waals surface area (Å²) in [7, 11) is 0. The summed E-state index contributed by atoms with van der Waals surface area (Å²) in [5, 5.41) is 0. The second kappa shape index (κ2) is 7.70. The minimum atomic E-state index is -0.516. The Balaban J connectivity index is 1.50. The lowest BCUT2D eigenvalue weighted by Crippen LogP contribution is -2.47. The van der Waals surface area contributed by atoms with E-state index < -0.39 is 6.10 Å². The topological polar surface area (TPSA) is 66.9 Å². The number of amides is 2. The van der Waals surface area contributed by atoms with Gasteiger partial charge in [0.25, 0.3) is 5.91 Å². The number of nitrogens with zero attached hydrogens (tertiary/aromatic N) is 2. The summed E-state index contributed by atoms with van der Waals surface area (Å²) < 4.78 is 5.79. The highest BCUT2D eigenvalue weighted by molar-refractivity contribution is 6.02. The number of carbonyl (C=O) groups excluding carboxylic acids is 3. The molecule has 6 heteroatoms. The molecule has 0 radical (unpaired) electrons. The van der Waals surface area contributed by atoms with Gasteiger partial charge < -0.3 is 14.5 Å². The van der Waals surface area contributed by atoms with Crippen molar-refractivity contribution in [2.45, 2.75) is 39.2 Å². The summed E-state index contributed by atoms with van der Waals surface area (Å²) in [6.07, 6.45) is 1.02. The Labute approximate surface area is 170 Å². The fraction of sp³-hybridized carbons (Fsp3) is 0.348. The van der Waals surface area contributed by atoms with Crippen LogP contribution in [0.4, 0.5) is 11.4 Å². The van der Waals surface area contributed by atoms with E-state index in [1.165, 1.54) is 0 Å². The smallest absolute Gasteiger partial charge is 0.268 e. The number of fused-ring (bicyclic) bond motifs is 2. The zero-order valence-corrected chi connectivity index (χ0v) is 16.7. The van der Waals surface area contributed by atoms with E-state index in [2.05, 4.69) is 0 Å². The summed E-state index contributed by atoms with van der Waals surface area (Å²) in [6, 6.07) is 12.9. The molecule has 0 aromatic heterocycles. The Hall–Kier alpha value is -3.15. The van der Waals surface area contributed by atoms with Crippen molar-refractivity contribution in [3.05, 3.63) is 53.6 Å². The maximum atomic E-state index is 12.9. The number of hydrogen-bond donors (Lipinski definition) is 0. The average molecular weight is 392 g/mol. The molecular formula is C23H24N2O4. The van der Waals surface area contributed by atoms with Crippen LogP contribution in [0, 0.1) is 0 Å². The van der Waals surface area contributed by atoms with Gasteiger partial charge in [0.1, 0.15) is 5.75 Å². The van der Waals surface area contributed by atoms with Gasteiger partial charge in [-0.3, -0.25) is 14.4 Å². The Kier molecular flexibility index (Phi) is 5.09. The Morgan fingerprint density at radius 1 is 1.14 bits per heavy atom. The Bertz CT molecular complexity index is 985. The van der Waals surface area contributed by atoms with Gasteiger partial charge in [0.15, 0.2) is 11.9 Å². The average Bonchev–Trinajstić information content (AvgIpc) is 3.15. The van der Waals surface area contributed by atoms with Crippen molar-refractivity contribution in [3.63, 3.8) is 0 Å². The first-order chi connectivity index (χ1) is 14.0. The van der Waals surface area contributed by atoms with Gasteiger partial charge in [-0.05, 0) is 55.7 Å². The fourth-order valence-electron chi connectivity index (χ4n) is 3.99. The highest BCUT2D eigenvalue weighted by Crippen LogP contribution is 2.35. The number of anilines is 2. The second-order valence-electron chi connectivity index (χ2n) is 7.42. The van der Waals surface area contributed by atoms with Gasteiger partial charge in [0.2, 0.25) is 5.91 Å². The molecule has 1 unspecified atom stereocenters. The first-order valence-corrected chi connectivity index (χ1v) is 10.0. The predicted molar refractivity (Wildman–Crippen MR) is 111 cm³/mol. The van der Waals surface area contributed by atoms with Crippen LogP contribution < -0.4 is 14.5 Å². The largest absolute Gasteiger partial charge is 0.478 e. The van der Waals surface area contributed by atoms with Gasteiger partial charge >= 0.3 is 0 Å². The van der Waals surface area contributed by atoms with E-state index in [9.17, 15) is 14.4 Å². The van der Waals surface area contributed by atoms with Gasteiger partial charge in [-0.1, -0.05) is 19.1 Å². The number of ketones is 1. The fourth-order valence-corrected chi connectivity index (χ4v) is 3.99. The quantitative estimate of drug-likeness (QED) is 0.732. The van der Waals surface area contributed by atoms with Crippen molar-refractivity contribution >= 4 is 29.0 Å². The third kappa shape index (κ3) is 3.50. The zero-order chi connectivity index (χ0) is 20.5. The van der Waals surface area contributed by atoms with E-state index in [4.69, 9.17) is 4.74 Å². The summed E-state index contributed by atoms with van der Waals surface area (Å²) >= 11 is 0. The highest BCUT2D eigenvalue weighted by atomic mass is 16.5. The molecule has 0 saturated carbocycles. The van der Waals surface area contributed by atoms with E-state index in [0.29, 0.717) is 36.5 Å². The summed E-state index contributed by atoms with van der Waals surface area (Å²) in [6.45, 7) is 4.36. The van der Waals surface area contributed by atoms with E-state index in [0.717, 1.165) is 17.7 Å². The number of rotatable bonds is 5. The molecule has 0 N–H and O–H groups in total. The molecule has 0 spiro atoms. The van der Waals surface area contributed by atoms with E-state index >= 15 is 0 Å². The van der Waals surface area contributed by atoms with Crippen molar-refractivity contribution in [2.24, 2.45) is 0 Å². The van der Waals surface area contributed by atoms with Gasteiger partial charge in [0.05, 0.1) is 5.69 Å². The SMILES string of the molecule is CCC1Oc2ccccc2N(CCC(=O)N2CCc3cc(C(C)=O)ccc32)C1=O. The molecule has 0 saturated heterocycles. The minimum absolute atomic E-state index is 0.0209. The van der Waals surface area contributed by atoms with Crippen LogP contribution in [0.5, 0.6) is 5.75 Å². The Morgan fingerprint density at radius 3 is 2.69 bits per heavy atom. The van der Waals surface area contributed by atoms with Gasteiger partial charge in [-0.2, -0.15) is 0 Å². The lowest BCUT2D eigenvalue weighted by molar-refractivity contribution is -0.126. The highest BCUT2D eigenvalue weighted by Gasteiger charge is 2.34. The number of ether oxygens (including phenoxy) is 1. The van der Waals surface area contributed by atoms with Crippen molar-refractivity contribution < 1.29 is 19.1 Å². The summed E-state index contributed by atoms with van der Waals surface area (Å²) in [4.78, 5) is 40.7. The Morgan fingerprint density at radius 2 is 1.93 bits per heavy atom. The number of para-hydroxylation sites is 2. The molecule has 6 nitrogen and oxygen atoms in total. The lowest BCUT2D eigenvalue weighted by atomic mass is 10.1. The monoisotopic (exact) mass is 392 g/mol. The van der Waals surface area contributed by atoms with Crippen LogP contribution in [0.15, 0.2) is 42.5 Å². The molecule has 0 fully saturated rings. The molecular weight excluding hydrogens is 368 g/mol. The van der Waals surface area contributed by atoms with Gasteiger partial charge in [-0.15, -0.1) is 0 Å². The molecule has 2 aliphatic heterocycles. The first kappa shape index (κ1) is 19.2. The third-order valence-corrected chi connectivity index (χ3v) is 5.57. The molecule has 2 aliphatic rings. The number of carbonyl (C=O) groups is 3. The number of benzene rings is 2. The van der Waals surface area contributed by atoms with Crippen LogP contribution in [0.2, 0.25) is 0 Å². The van der Waals surface area contributed by atoms with E-state index in [1.54, 1.807) is 22.8 Å². The molecule has 2 amide bonds. The van der Waals surface area contributed by atoms with Crippen LogP contribution >= 0.6 is 0 Å². The molecule has 1 atom stereocenters. The summed E-state index contributed by atoms with van der Waals surface area (Å²) in [5.74, 6) is 0.568. The van der Waals surface area contributed by atoms with Crippen LogP contribution in [-0.4, -0.2) is 36.8 Å². The molecule has 2 heterocycles. The molecule has 4 rings (SSSR count). The number of hydrogen-bond acceptors (Lipinski definition) is 4. The van der Waals surface area contributed by atoms with Crippen LogP contribution in [-0.2, 0) is 16.0 Å². The van der Waals surface area contributed by atoms with Crippen LogP contribution in [0.3, 0.4) is 0 Å². The molecule has 29 heavy (non-hydrogen) atoms. The molecule has 2 aromatic carbocycles. The van der Waals surface area contributed by atoms with Gasteiger partial charge in [-0.25, -0.2) is 0 Å². The van der Waals surface area contributed by atoms with Crippen molar-refractivity contribution in [1.29, 1.82) is 0 Å². The van der Waals surface area contributed by atoms with Crippen LogP contribution in [0.1, 0.15) is 42.6 Å². The predicted octanol–water partition coefficient (Wildman–Crippen LogP) is 3.37. The normalized spacial score (nSPS) is 17.6. The van der Waals surface area contributed by atoms with Crippen molar-refractivity contribution in [2.75, 3.05) is 22.9 Å². The van der Waals surface area contributed by atoms with E-state index in [1.807, 2.05) is 43.3 Å². The molecule has 2 aromatic rings. The number of Topliss-reactive ketones (excluding diaryl/α,β-unsaturated/α-hetero) is 1. The van der Waals surface area contributed by atoms with Crippen molar-refractivity contribution in [1.82, 2.24) is 0 Å².